The van der Waals surface area contributed by atoms with Gasteiger partial charge in [-0.2, -0.15) is 18.3 Å². The lowest BCUT2D eigenvalue weighted by atomic mass is 10.1. The average Bonchev–Trinajstić information content (AvgIpc) is 3.45. The van der Waals surface area contributed by atoms with E-state index in [1.165, 1.54) is 42.5 Å². The molecule has 4 rings (SSSR count). The fourth-order valence-electron chi connectivity index (χ4n) is 3.59. The molecule has 4 aromatic rings. The van der Waals surface area contributed by atoms with Gasteiger partial charge in [-0.15, -0.1) is 0 Å². The Morgan fingerprint density at radius 3 is 2.54 bits per heavy atom. The first-order valence-corrected chi connectivity index (χ1v) is 12.6. The smallest absolute Gasteiger partial charge is 0.402 e. The molecular weight excluding hydrogens is 544 g/mol. The normalized spacial score (nSPS) is 13.1. The summed E-state index contributed by atoms with van der Waals surface area (Å²) in [6.45, 7) is 3.32. The van der Waals surface area contributed by atoms with Crippen LogP contribution in [0.15, 0.2) is 53.1 Å². The van der Waals surface area contributed by atoms with Crippen molar-refractivity contribution in [3.63, 3.8) is 0 Å². The standard InChI is InChI=1S/C24H22F4N6O4S/c1-12-9-19(33-38-12)30-23-20(22(29)35)21(31-32-23)15-5-8-17(34-39(36)11-24(26,27)28)18(10-15)37-13(2)14-3-6-16(25)7-4-14/h3-10,13,34H,11H2,1-2H3,(H2,29,35)(H2,30,31,32,33). The first kappa shape index (κ1) is 27.6. The molecule has 2 aromatic carbocycles. The summed E-state index contributed by atoms with van der Waals surface area (Å²) in [5.41, 5.74) is 6.64. The Hall–Kier alpha value is -4.40. The summed E-state index contributed by atoms with van der Waals surface area (Å²) >= 11 is 0. The number of primary amides is 1. The van der Waals surface area contributed by atoms with Crippen LogP contribution in [0.1, 0.15) is 34.7 Å². The Kier molecular flexibility index (Phi) is 7.90. The third-order valence-electron chi connectivity index (χ3n) is 5.32. The number of aromatic amines is 1. The van der Waals surface area contributed by atoms with Gasteiger partial charge in [0.2, 0.25) is 0 Å². The fraction of sp³-hybridized carbons (Fsp3) is 0.208. The molecule has 15 heteroatoms. The lowest BCUT2D eigenvalue weighted by Gasteiger charge is -2.19. The number of rotatable bonds is 10. The molecule has 0 aliphatic carbocycles. The first-order chi connectivity index (χ1) is 18.4. The highest BCUT2D eigenvalue weighted by atomic mass is 32.2. The van der Waals surface area contributed by atoms with Crippen LogP contribution in [-0.4, -0.2) is 37.4 Å². The summed E-state index contributed by atoms with van der Waals surface area (Å²) in [5, 5.41) is 13.4. The van der Waals surface area contributed by atoms with E-state index in [9.17, 15) is 26.6 Å². The highest BCUT2D eigenvalue weighted by molar-refractivity contribution is 7.86. The van der Waals surface area contributed by atoms with Crippen LogP contribution in [-0.2, 0) is 11.0 Å². The van der Waals surface area contributed by atoms with Crippen molar-refractivity contribution in [1.82, 2.24) is 15.4 Å². The molecule has 10 nitrogen and oxygen atoms in total. The number of aryl methyl sites for hydroxylation is 1. The van der Waals surface area contributed by atoms with E-state index in [4.69, 9.17) is 15.0 Å². The number of carbonyl (C=O) groups is 1. The van der Waals surface area contributed by atoms with Crippen LogP contribution in [0.3, 0.4) is 0 Å². The second-order valence-electron chi connectivity index (χ2n) is 8.36. The molecule has 5 N–H and O–H groups in total. The Labute approximate surface area is 221 Å². The molecule has 2 aromatic heterocycles. The first-order valence-electron chi connectivity index (χ1n) is 11.3. The quantitative estimate of drug-likeness (QED) is 0.195. The molecule has 1 amide bonds. The molecule has 0 radical (unpaired) electrons. The third-order valence-corrected chi connectivity index (χ3v) is 6.36. The number of nitrogens with two attached hydrogens (primary N) is 1. The third kappa shape index (κ3) is 6.93. The van der Waals surface area contributed by atoms with E-state index < -0.39 is 40.7 Å². The summed E-state index contributed by atoms with van der Waals surface area (Å²) in [5.74, 6) is -2.04. The number of hydrogen-bond donors (Lipinski definition) is 4. The van der Waals surface area contributed by atoms with Gasteiger partial charge in [-0.05, 0) is 43.7 Å². The van der Waals surface area contributed by atoms with Gasteiger partial charge in [0.1, 0.15) is 45.7 Å². The van der Waals surface area contributed by atoms with Crippen LogP contribution in [0.25, 0.3) is 11.3 Å². The summed E-state index contributed by atoms with van der Waals surface area (Å²) in [6, 6.07) is 11.2. The number of nitrogens with zero attached hydrogens (tertiary/aromatic N) is 2. The van der Waals surface area contributed by atoms with Crippen LogP contribution in [0.5, 0.6) is 5.75 Å². The zero-order valence-corrected chi connectivity index (χ0v) is 21.2. The molecule has 0 fully saturated rings. The van der Waals surface area contributed by atoms with Crippen molar-refractivity contribution in [2.45, 2.75) is 26.1 Å². The van der Waals surface area contributed by atoms with Gasteiger partial charge in [0, 0.05) is 11.6 Å². The summed E-state index contributed by atoms with van der Waals surface area (Å²) in [7, 11) is -2.52. The largest absolute Gasteiger partial charge is 0.484 e. The minimum atomic E-state index is -4.67. The summed E-state index contributed by atoms with van der Waals surface area (Å²) in [6.07, 6.45) is -5.36. The van der Waals surface area contributed by atoms with Gasteiger partial charge >= 0.3 is 6.18 Å². The maximum atomic E-state index is 13.4. The van der Waals surface area contributed by atoms with E-state index in [-0.39, 0.29) is 34.3 Å². The van der Waals surface area contributed by atoms with Crippen LogP contribution < -0.4 is 20.5 Å². The number of H-pyrrole nitrogens is 1. The molecular formula is C24H22F4N6O4S. The monoisotopic (exact) mass is 566 g/mol. The van der Waals surface area contributed by atoms with E-state index in [1.807, 2.05) is 0 Å². The molecule has 39 heavy (non-hydrogen) atoms. The summed E-state index contributed by atoms with van der Waals surface area (Å²) in [4.78, 5) is 12.4. The van der Waals surface area contributed by atoms with Crippen molar-refractivity contribution in [3.8, 4) is 17.0 Å². The van der Waals surface area contributed by atoms with Crippen LogP contribution >= 0.6 is 0 Å². The highest BCUT2D eigenvalue weighted by Gasteiger charge is 2.31. The van der Waals surface area contributed by atoms with E-state index in [2.05, 4.69) is 25.4 Å². The molecule has 2 atom stereocenters. The number of aromatic nitrogens is 3. The topological polar surface area (TPSA) is 148 Å². The van der Waals surface area contributed by atoms with Gasteiger partial charge < -0.3 is 25.0 Å². The zero-order chi connectivity index (χ0) is 28.3. The van der Waals surface area contributed by atoms with Gasteiger partial charge in [0.15, 0.2) is 11.6 Å². The number of nitrogens with one attached hydrogen (secondary N) is 3. The maximum absolute atomic E-state index is 13.4. The lowest BCUT2D eigenvalue weighted by molar-refractivity contribution is -0.105. The molecule has 0 aliphatic heterocycles. The Morgan fingerprint density at radius 2 is 1.92 bits per heavy atom. The summed E-state index contributed by atoms with van der Waals surface area (Å²) < 4.78 is 77.1. The van der Waals surface area contributed by atoms with Gasteiger partial charge in [-0.3, -0.25) is 9.89 Å². The Morgan fingerprint density at radius 1 is 1.21 bits per heavy atom. The van der Waals surface area contributed by atoms with Crippen molar-refractivity contribution in [1.29, 1.82) is 0 Å². The van der Waals surface area contributed by atoms with Crippen molar-refractivity contribution >= 4 is 34.2 Å². The van der Waals surface area contributed by atoms with E-state index in [0.29, 0.717) is 16.9 Å². The predicted molar refractivity (Wildman–Crippen MR) is 135 cm³/mol. The van der Waals surface area contributed by atoms with Crippen molar-refractivity contribution in [2.75, 3.05) is 15.8 Å². The molecule has 206 valence electrons. The molecule has 0 aliphatic rings. The molecule has 0 saturated heterocycles. The minimum Gasteiger partial charge on any atom is -0.484 e. The van der Waals surface area contributed by atoms with E-state index >= 15 is 0 Å². The number of hydrogen-bond acceptors (Lipinski definition) is 7. The highest BCUT2D eigenvalue weighted by Crippen LogP contribution is 2.36. The number of benzene rings is 2. The predicted octanol–water partition coefficient (Wildman–Crippen LogP) is 5.13. The lowest BCUT2D eigenvalue weighted by Crippen LogP contribution is -2.23. The number of ether oxygens (including phenoxy) is 1. The van der Waals surface area contributed by atoms with Gasteiger partial charge in [-0.25, -0.2) is 8.60 Å². The number of amides is 1. The van der Waals surface area contributed by atoms with Crippen LogP contribution in [0.4, 0.5) is 34.9 Å². The Balaban J connectivity index is 1.71. The second-order valence-corrected chi connectivity index (χ2v) is 9.55. The second kappa shape index (κ2) is 11.1. The number of halogens is 4. The van der Waals surface area contributed by atoms with Crippen molar-refractivity contribution in [3.05, 3.63) is 71.2 Å². The SMILES string of the molecule is Cc1cc(Nc2n[nH]c(-c3ccc(NS(=O)CC(F)(F)F)c(OC(C)c4ccc(F)cc4)c3)c2C(N)=O)no1. The van der Waals surface area contributed by atoms with E-state index in [0.717, 1.165) is 0 Å². The number of carbonyl (C=O) groups excluding carboxylic acids is 1. The van der Waals surface area contributed by atoms with E-state index in [1.54, 1.807) is 19.9 Å². The molecule has 0 saturated carbocycles. The minimum absolute atomic E-state index is 0.00602. The number of anilines is 3. The fourth-order valence-corrected chi connectivity index (χ4v) is 4.37. The van der Waals surface area contributed by atoms with Crippen molar-refractivity contribution in [2.24, 2.45) is 5.73 Å². The molecule has 0 bridgehead atoms. The van der Waals surface area contributed by atoms with Gasteiger partial charge in [-0.1, -0.05) is 23.4 Å². The van der Waals surface area contributed by atoms with Crippen molar-refractivity contribution < 1.29 is 35.8 Å². The van der Waals surface area contributed by atoms with Gasteiger partial charge in [0.05, 0.1) is 11.4 Å². The Bertz CT molecular complexity index is 1500. The average molecular weight is 567 g/mol. The number of alkyl halides is 3. The molecule has 0 spiro atoms. The van der Waals surface area contributed by atoms with Crippen LogP contribution in [0, 0.1) is 12.7 Å². The van der Waals surface area contributed by atoms with Crippen LogP contribution in [0.2, 0.25) is 0 Å². The molecule has 2 heterocycles. The maximum Gasteiger partial charge on any atom is 0.402 e. The zero-order valence-electron chi connectivity index (χ0n) is 20.4. The van der Waals surface area contributed by atoms with Gasteiger partial charge in [0.25, 0.3) is 5.91 Å². The molecule has 2 unspecified atom stereocenters.